The minimum Gasteiger partial charge on any atom is -0.479 e. The summed E-state index contributed by atoms with van der Waals surface area (Å²) in [6.45, 7) is 2.63. The van der Waals surface area contributed by atoms with E-state index in [1.54, 1.807) is 34.2 Å². The molecule has 0 saturated carbocycles. The lowest BCUT2D eigenvalue weighted by Gasteiger charge is -2.38. The SMILES string of the molecule is Cc1cnn(C2(C(=O)O)CCN(C(=O)/C=C/c3cnn(C)c3)CC2)c1. The summed E-state index contributed by atoms with van der Waals surface area (Å²) in [6.07, 6.45) is 10.8. The molecule has 0 bridgehead atoms. The molecule has 0 spiro atoms. The first kappa shape index (κ1) is 16.9. The quantitative estimate of drug-likeness (QED) is 0.837. The standard InChI is InChI=1S/C17H21N5O3/c1-13-9-19-22(11-13)17(16(24)25)5-7-21(8-6-17)15(23)4-3-14-10-18-20(2)12-14/h3-4,9-12H,5-8H2,1-2H3,(H,24,25)/b4-3+. The number of piperidine rings is 1. The molecule has 1 N–H and O–H groups in total. The van der Waals surface area contributed by atoms with Gasteiger partial charge in [0.15, 0.2) is 5.54 Å². The fraction of sp³-hybridized carbons (Fsp3) is 0.412. The molecule has 3 heterocycles. The molecule has 0 unspecified atom stereocenters. The van der Waals surface area contributed by atoms with Gasteiger partial charge >= 0.3 is 5.97 Å². The first-order valence-corrected chi connectivity index (χ1v) is 8.11. The third-order valence-corrected chi connectivity index (χ3v) is 4.59. The summed E-state index contributed by atoms with van der Waals surface area (Å²) in [5.74, 6) is -1.03. The van der Waals surface area contributed by atoms with Crippen LogP contribution < -0.4 is 0 Å². The van der Waals surface area contributed by atoms with Gasteiger partial charge in [-0.25, -0.2) is 4.79 Å². The van der Waals surface area contributed by atoms with Gasteiger partial charge in [0.25, 0.3) is 0 Å². The molecule has 1 aliphatic rings. The summed E-state index contributed by atoms with van der Waals surface area (Å²) in [5.41, 5.74) is 0.677. The summed E-state index contributed by atoms with van der Waals surface area (Å²) in [5, 5.41) is 18.0. The van der Waals surface area contributed by atoms with Crippen molar-refractivity contribution in [3.05, 3.63) is 42.0 Å². The smallest absolute Gasteiger partial charge is 0.331 e. The Morgan fingerprint density at radius 2 is 1.92 bits per heavy atom. The highest BCUT2D eigenvalue weighted by Gasteiger charge is 2.44. The molecule has 2 aromatic rings. The second-order valence-electron chi connectivity index (χ2n) is 6.40. The van der Waals surface area contributed by atoms with Crippen LogP contribution in [0.25, 0.3) is 6.08 Å². The fourth-order valence-electron chi connectivity index (χ4n) is 3.08. The molecule has 2 aromatic heterocycles. The average molecular weight is 343 g/mol. The molecule has 0 atom stereocenters. The number of carboxylic acids is 1. The molecule has 0 aromatic carbocycles. The van der Waals surface area contributed by atoms with Crippen molar-refractivity contribution in [2.75, 3.05) is 13.1 Å². The molecule has 132 valence electrons. The lowest BCUT2D eigenvalue weighted by atomic mass is 9.87. The lowest BCUT2D eigenvalue weighted by Crippen LogP contribution is -2.52. The Balaban J connectivity index is 1.68. The van der Waals surface area contributed by atoms with Gasteiger partial charge in [-0.3, -0.25) is 14.2 Å². The number of aryl methyl sites for hydroxylation is 2. The van der Waals surface area contributed by atoms with Crippen molar-refractivity contribution in [2.24, 2.45) is 7.05 Å². The average Bonchev–Trinajstić information content (AvgIpc) is 3.21. The largest absolute Gasteiger partial charge is 0.479 e. The molecular formula is C17H21N5O3. The van der Waals surface area contributed by atoms with E-state index in [4.69, 9.17) is 0 Å². The maximum atomic E-state index is 12.3. The Kier molecular flexibility index (Phi) is 4.43. The van der Waals surface area contributed by atoms with Crippen LogP contribution in [0.4, 0.5) is 0 Å². The number of aromatic nitrogens is 4. The van der Waals surface area contributed by atoms with Crippen LogP contribution >= 0.6 is 0 Å². The van der Waals surface area contributed by atoms with Crippen LogP contribution in [0, 0.1) is 6.92 Å². The highest BCUT2D eigenvalue weighted by Crippen LogP contribution is 2.30. The number of likely N-dealkylation sites (tertiary alicyclic amines) is 1. The van der Waals surface area contributed by atoms with Gasteiger partial charge in [-0.05, 0) is 18.6 Å². The maximum Gasteiger partial charge on any atom is 0.331 e. The molecule has 1 aliphatic heterocycles. The molecule has 1 saturated heterocycles. The molecular weight excluding hydrogens is 322 g/mol. The molecule has 8 heteroatoms. The van der Waals surface area contributed by atoms with Crippen LogP contribution in [0.15, 0.2) is 30.9 Å². The topological polar surface area (TPSA) is 93.2 Å². The molecule has 1 fully saturated rings. The minimum atomic E-state index is -1.09. The molecule has 3 rings (SSSR count). The van der Waals surface area contributed by atoms with Gasteiger partial charge in [-0.15, -0.1) is 0 Å². The van der Waals surface area contributed by atoms with Gasteiger partial charge in [-0.1, -0.05) is 0 Å². The van der Waals surface area contributed by atoms with Crippen molar-refractivity contribution in [3.8, 4) is 0 Å². The third-order valence-electron chi connectivity index (χ3n) is 4.59. The monoisotopic (exact) mass is 343 g/mol. The van der Waals surface area contributed by atoms with Crippen molar-refractivity contribution < 1.29 is 14.7 Å². The Labute approximate surface area is 145 Å². The molecule has 0 aliphatic carbocycles. The zero-order valence-corrected chi connectivity index (χ0v) is 14.3. The Bertz CT molecular complexity index is 812. The predicted octanol–water partition coefficient (Wildman–Crippen LogP) is 1.04. The highest BCUT2D eigenvalue weighted by atomic mass is 16.4. The Morgan fingerprint density at radius 1 is 1.20 bits per heavy atom. The summed E-state index contributed by atoms with van der Waals surface area (Å²) in [7, 11) is 1.81. The third kappa shape index (κ3) is 3.33. The van der Waals surface area contributed by atoms with E-state index in [2.05, 4.69) is 10.2 Å². The van der Waals surface area contributed by atoms with Crippen LogP contribution in [0.1, 0.15) is 24.0 Å². The number of hydrogen-bond donors (Lipinski definition) is 1. The van der Waals surface area contributed by atoms with Crippen LogP contribution in [0.2, 0.25) is 0 Å². The number of carbonyl (C=O) groups excluding carboxylic acids is 1. The van der Waals surface area contributed by atoms with Gasteiger partial charge in [0.1, 0.15) is 0 Å². The Morgan fingerprint density at radius 3 is 2.44 bits per heavy atom. The van der Waals surface area contributed by atoms with Crippen LogP contribution in [-0.4, -0.2) is 54.5 Å². The number of aliphatic carboxylic acids is 1. The van der Waals surface area contributed by atoms with E-state index in [1.807, 2.05) is 20.2 Å². The van der Waals surface area contributed by atoms with Crippen molar-refractivity contribution in [2.45, 2.75) is 25.3 Å². The van der Waals surface area contributed by atoms with Crippen molar-refractivity contribution in [1.29, 1.82) is 0 Å². The number of carbonyl (C=O) groups is 2. The van der Waals surface area contributed by atoms with E-state index < -0.39 is 11.5 Å². The number of amides is 1. The van der Waals surface area contributed by atoms with E-state index in [0.717, 1.165) is 11.1 Å². The van der Waals surface area contributed by atoms with E-state index >= 15 is 0 Å². The zero-order chi connectivity index (χ0) is 18.0. The molecule has 0 radical (unpaired) electrons. The zero-order valence-electron chi connectivity index (χ0n) is 14.3. The van der Waals surface area contributed by atoms with Crippen molar-refractivity contribution >= 4 is 18.0 Å². The van der Waals surface area contributed by atoms with E-state index in [0.29, 0.717) is 25.9 Å². The fourth-order valence-corrected chi connectivity index (χ4v) is 3.08. The number of hydrogen-bond acceptors (Lipinski definition) is 4. The van der Waals surface area contributed by atoms with E-state index in [9.17, 15) is 14.7 Å². The van der Waals surface area contributed by atoms with Gasteiger partial charge in [0.05, 0.1) is 12.4 Å². The lowest BCUT2D eigenvalue weighted by molar-refractivity contribution is -0.152. The highest BCUT2D eigenvalue weighted by molar-refractivity contribution is 5.92. The predicted molar refractivity (Wildman–Crippen MR) is 90.6 cm³/mol. The maximum absolute atomic E-state index is 12.3. The van der Waals surface area contributed by atoms with Crippen LogP contribution in [0.3, 0.4) is 0 Å². The first-order chi connectivity index (χ1) is 11.9. The summed E-state index contributed by atoms with van der Waals surface area (Å²) in [4.78, 5) is 25.9. The second kappa shape index (κ2) is 6.54. The van der Waals surface area contributed by atoms with Gasteiger partial charge < -0.3 is 10.0 Å². The van der Waals surface area contributed by atoms with E-state index in [1.165, 1.54) is 10.8 Å². The second-order valence-corrected chi connectivity index (χ2v) is 6.40. The van der Waals surface area contributed by atoms with Gasteiger partial charge in [0.2, 0.25) is 5.91 Å². The van der Waals surface area contributed by atoms with Gasteiger partial charge in [0, 0.05) is 57.0 Å². The molecule has 1 amide bonds. The summed E-state index contributed by atoms with van der Waals surface area (Å²) < 4.78 is 3.19. The first-order valence-electron chi connectivity index (χ1n) is 8.11. The number of nitrogens with zero attached hydrogens (tertiary/aromatic N) is 5. The van der Waals surface area contributed by atoms with Crippen molar-refractivity contribution in [3.63, 3.8) is 0 Å². The minimum absolute atomic E-state index is 0.125. The Hall–Kier alpha value is -2.90. The van der Waals surface area contributed by atoms with Gasteiger partial charge in [-0.2, -0.15) is 10.2 Å². The molecule has 25 heavy (non-hydrogen) atoms. The van der Waals surface area contributed by atoms with Crippen LogP contribution in [-0.2, 0) is 22.2 Å². The molecule has 8 nitrogen and oxygen atoms in total. The summed E-state index contributed by atoms with van der Waals surface area (Å²) >= 11 is 0. The van der Waals surface area contributed by atoms with Crippen molar-refractivity contribution in [1.82, 2.24) is 24.5 Å². The number of carboxylic acid groups (broad SMARTS) is 1. The summed E-state index contributed by atoms with van der Waals surface area (Å²) in [6, 6.07) is 0. The number of rotatable bonds is 4. The van der Waals surface area contributed by atoms with Crippen LogP contribution in [0.5, 0.6) is 0 Å². The van der Waals surface area contributed by atoms with E-state index in [-0.39, 0.29) is 5.91 Å². The normalized spacial score (nSPS) is 17.1.